The van der Waals surface area contributed by atoms with Gasteiger partial charge in [0.05, 0.1) is 18.2 Å². The fraction of sp³-hybridized carbons (Fsp3) is 0.250. The Kier molecular flexibility index (Phi) is 3.54. The van der Waals surface area contributed by atoms with Gasteiger partial charge in [0.1, 0.15) is 5.75 Å². The first-order valence-corrected chi connectivity index (χ1v) is 5.88. The summed E-state index contributed by atoms with van der Waals surface area (Å²) in [7, 11) is 1.62. The molecule has 1 unspecified atom stereocenters. The van der Waals surface area contributed by atoms with Gasteiger partial charge in [-0.25, -0.2) is 4.98 Å². The number of hydrogen-bond acceptors (Lipinski definition) is 4. The maximum absolute atomic E-state index is 10.0. The summed E-state index contributed by atoms with van der Waals surface area (Å²) in [5.41, 5.74) is 0.856. The maximum Gasteiger partial charge on any atom is 0.119 e. The zero-order chi connectivity index (χ0) is 11.4. The molecule has 16 heavy (non-hydrogen) atoms. The summed E-state index contributed by atoms with van der Waals surface area (Å²) >= 11 is 1.55. The van der Waals surface area contributed by atoms with Crippen molar-refractivity contribution in [3.8, 4) is 5.75 Å². The first-order chi connectivity index (χ1) is 7.79. The highest BCUT2D eigenvalue weighted by atomic mass is 32.1. The normalized spacial score (nSPS) is 12.4. The van der Waals surface area contributed by atoms with E-state index in [9.17, 15) is 5.11 Å². The van der Waals surface area contributed by atoms with Crippen LogP contribution < -0.4 is 4.74 Å². The Labute approximate surface area is 98.4 Å². The van der Waals surface area contributed by atoms with Crippen molar-refractivity contribution in [1.82, 2.24) is 4.98 Å². The van der Waals surface area contributed by atoms with Gasteiger partial charge in [-0.3, -0.25) is 0 Å². The SMILES string of the molecule is COc1cccc(C(O)Cc2nccs2)c1. The summed E-state index contributed by atoms with van der Waals surface area (Å²) in [5.74, 6) is 0.760. The van der Waals surface area contributed by atoms with Gasteiger partial charge in [-0.15, -0.1) is 11.3 Å². The van der Waals surface area contributed by atoms with E-state index >= 15 is 0 Å². The van der Waals surface area contributed by atoms with E-state index in [1.54, 1.807) is 24.6 Å². The minimum Gasteiger partial charge on any atom is -0.497 e. The molecule has 84 valence electrons. The fourth-order valence-electron chi connectivity index (χ4n) is 1.49. The molecule has 4 heteroatoms. The molecule has 3 nitrogen and oxygen atoms in total. The molecule has 0 aliphatic rings. The highest BCUT2D eigenvalue weighted by molar-refractivity contribution is 7.09. The van der Waals surface area contributed by atoms with Gasteiger partial charge in [-0.2, -0.15) is 0 Å². The Morgan fingerprint density at radius 1 is 1.50 bits per heavy atom. The number of aliphatic hydroxyl groups excluding tert-OH is 1. The number of hydrogen-bond donors (Lipinski definition) is 1. The standard InChI is InChI=1S/C12H13NO2S/c1-15-10-4-2-3-9(7-10)11(14)8-12-13-5-6-16-12/h2-7,11,14H,8H2,1H3. The molecular formula is C12H13NO2S. The van der Waals surface area contributed by atoms with Crippen molar-refractivity contribution in [3.05, 3.63) is 46.4 Å². The molecule has 0 saturated heterocycles. The molecule has 1 N–H and O–H groups in total. The third-order valence-corrected chi connectivity index (χ3v) is 3.13. The van der Waals surface area contributed by atoms with Gasteiger partial charge in [0, 0.05) is 18.0 Å². The van der Waals surface area contributed by atoms with E-state index in [0.717, 1.165) is 16.3 Å². The monoisotopic (exact) mass is 235 g/mol. The number of rotatable bonds is 4. The van der Waals surface area contributed by atoms with E-state index in [0.29, 0.717) is 6.42 Å². The van der Waals surface area contributed by atoms with Crippen LogP contribution in [0, 0.1) is 0 Å². The summed E-state index contributed by atoms with van der Waals surface area (Å²) in [6.45, 7) is 0. The van der Waals surface area contributed by atoms with Crippen LogP contribution in [0.4, 0.5) is 0 Å². The Morgan fingerprint density at radius 3 is 3.06 bits per heavy atom. The van der Waals surface area contributed by atoms with E-state index < -0.39 is 6.10 Å². The smallest absolute Gasteiger partial charge is 0.119 e. The number of thiazole rings is 1. The van der Waals surface area contributed by atoms with Crippen LogP contribution in [0.15, 0.2) is 35.8 Å². The second-order valence-corrected chi connectivity index (χ2v) is 4.40. The van der Waals surface area contributed by atoms with E-state index in [4.69, 9.17) is 4.74 Å². The van der Waals surface area contributed by atoms with Crippen molar-refractivity contribution in [2.24, 2.45) is 0 Å². The topological polar surface area (TPSA) is 42.4 Å². The Bertz CT molecular complexity index is 442. The number of benzene rings is 1. The Balaban J connectivity index is 2.11. The van der Waals surface area contributed by atoms with Gasteiger partial charge in [-0.1, -0.05) is 12.1 Å². The molecular weight excluding hydrogens is 222 g/mol. The summed E-state index contributed by atoms with van der Waals surface area (Å²) in [5, 5.41) is 12.9. The molecule has 1 heterocycles. The van der Waals surface area contributed by atoms with Crippen molar-refractivity contribution in [3.63, 3.8) is 0 Å². The number of aliphatic hydroxyl groups is 1. The lowest BCUT2D eigenvalue weighted by Gasteiger charge is -2.10. The van der Waals surface area contributed by atoms with Crippen molar-refractivity contribution >= 4 is 11.3 Å². The lowest BCUT2D eigenvalue weighted by atomic mass is 10.1. The van der Waals surface area contributed by atoms with Crippen LogP contribution in [-0.4, -0.2) is 17.2 Å². The van der Waals surface area contributed by atoms with Crippen molar-refractivity contribution < 1.29 is 9.84 Å². The molecule has 0 aliphatic carbocycles. The summed E-state index contributed by atoms with van der Waals surface area (Å²) in [4.78, 5) is 4.15. The van der Waals surface area contributed by atoms with Crippen LogP contribution in [0.3, 0.4) is 0 Å². The largest absolute Gasteiger partial charge is 0.497 e. The lowest BCUT2D eigenvalue weighted by molar-refractivity contribution is 0.178. The molecule has 2 rings (SSSR count). The molecule has 0 spiro atoms. The highest BCUT2D eigenvalue weighted by Crippen LogP contribution is 2.22. The minimum absolute atomic E-state index is 0.527. The van der Waals surface area contributed by atoms with Gasteiger partial charge in [-0.05, 0) is 17.7 Å². The zero-order valence-electron chi connectivity index (χ0n) is 8.96. The van der Waals surface area contributed by atoms with Gasteiger partial charge in [0.2, 0.25) is 0 Å². The second kappa shape index (κ2) is 5.09. The molecule has 0 aliphatic heterocycles. The first kappa shape index (κ1) is 11.1. The third kappa shape index (κ3) is 2.59. The zero-order valence-corrected chi connectivity index (χ0v) is 9.78. The van der Waals surface area contributed by atoms with Crippen molar-refractivity contribution in [2.75, 3.05) is 7.11 Å². The summed E-state index contributed by atoms with van der Waals surface area (Å²) < 4.78 is 5.12. The Hall–Kier alpha value is -1.39. The molecule has 2 aromatic rings. The molecule has 0 bridgehead atoms. The van der Waals surface area contributed by atoms with Crippen molar-refractivity contribution in [2.45, 2.75) is 12.5 Å². The molecule has 0 amide bonds. The summed E-state index contributed by atoms with van der Waals surface area (Å²) in [6.07, 6.45) is 1.77. The van der Waals surface area contributed by atoms with Crippen LogP contribution in [0.1, 0.15) is 16.7 Å². The van der Waals surface area contributed by atoms with Gasteiger partial charge >= 0.3 is 0 Å². The van der Waals surface area contributed by atoms with E-state index in [-0.39, 0.29) is 0 Å². The average molecular weight is 235 g/mol. The minimum atomic E-state index is -0.527. The predicted molar refractivity (Wildman–Crippen MR) is 63.8 cm³/mol. The average Bonchev–Trinajstić information content (AvgIpc) is 2.82. The van der Waals surface area contributed by atoms with Crippen LogP contribution in [0.25, 0.3) is 0 Å². The molecule has 1 aromatic heterocycles. The van der Waals surface area contributed by atoms with E-state index in [1.165, 1.54) is 0 Å². The number of aromatic nitrogens is 1. The quantitative estimate of drug-likeness (QED) is 0.885. The number of nitrogens with zero attached hydrogens (tertiary/aromatic N) is 1. The van der Waals surface area contributed by atoms with Crippen molar-refractivity contribution in [1.29, 1.82) is 0 Å². The van der Waals surface area contributed by atoms with Crippen LogP contribution in [0.5, 0.6) is 5.75 Å². The van der Waals surface area contributed by atoms with Gasteiger partial charge in [0.15, 0.2) is 0 Å². The second-order valence-electron chi connectivity index (χ2n) is 3.42. The lowest BCUT2D eigenvalue weighted by Crippen LogP contribution is -2.01. The maximum atomic E-state index is 10.0. The molecule has 0 radical (unpaired) electrons. The predicted octanol–water partition coefficient (Wildman–Crippen LogP) is 2.43. The van der Waals surface area contributed by atoms with Crippen LogP contribution in [-0.2, 0) is 6.42 Å². The van der Waals surface area contributed by atoms with Crippen LogP contribution >= 0.6 is 11.3 Å². The third-order valence-electron chi connectivity index (χ3n) is 2.33. The Morgan fingerprint density at radius 2 is 2.38 bits per heavy atom. The van der Waals surface area contributed by atoms with E-state index in [2.05, 4.69) is 4.98 Å². The number of ether oxygens (including phenoxy) is 1. The molecule has 1 atom stereocenters. The van der Waals surface area contributed by atoms with E-state index in [1.807, 2.05) is 29.6 Å². The summed E-state index contributed by atoms with van der Waals surface area (Å²) in [6, 6.07) is 7.47. The fourth-order valence-corrected chi connectivity index (χ4v) is 2.14. The molecule has 0 fully saturated rings. The van der Waals surface area contributed by atoms with Gasteiger partial charge < -0.3 is 9.84 Å². The van der Waals surface area contributed by atoms with Crippen LogP contribution in [0.2, 0.25) is 0 Å². The van der Waals surface area contributed by atoms with Gasteiger partial charge in [0.25, 0.3) is 0 Å². The first-order valence-electron chi connectivity index (χ1n) is 5.00. The molecule has 1 aromatic carbocycles. The number of methoxy groups -OCH3 is 1. The highest BCUT2D eigenvalue weighted by Gasteiger charge is 2.10. The molecule has 0 saturated carbocycles.